The Morgan fingerprint density at radius 1 is 1.12 bits per heavy atom. The van der Waals surface area contributed by atoms with E-state index in [9.17, 15) is 14.0 Å². The number of nitrogens with zero attached hydrogens (tertiary/aromatic N) is 1. The van der Waals surface area contributed by atoms with Crippen molar-refractivity contribution in [2.75, 3.05) is 6.54 Å². The van der Waals surface area contributed by atoms with Gasteiger partial charge in [-0.25, -0.2) is 4.39 Å². The van der Waals surface area contributed by atoms with E-state index in [1.807, 2.05) is 30.3 Å². The molecule has 0 saturated heterocycles. The molecule has 3 rings (SSSR count). The minimum Gasteiger partial charge on any atom is -0.352 e. The van der Waals surface area contributed by atoms with E-state index in [4.69, 9.17) is 0 Å². The second-order valence-electron chi connectivity index (χ2n) is 5.94. The molecule has 0 fully saturated rings. The molecular formula is C20H19FN2O2. The predicted molar refractivity (Wildman–Crippen MR) is 95.3 cm³/mol. The van der Waals surface area contributed by atoms with Crippen LogP contribution < -0.4 is 5.32 Å². The molecule has 1 heterocycles. The Labute approximate surface area is 145 Å². The highest BCUT2D eigenvalue weighted by Crippen LogP contribution is 2.22. The molecule has 1 N–H and O–H groups in total. The summed E-state index contributed by atoms with van der Waals surface area (Å²) in [6.07, 6.45) is 3.14. The Hall–Kier alpha value is -2.95. The molecule has 5 heteroatoms. The van der Waals surface area contributed by atoms with Crippen LogP contribution in [0.4, 0.5) is 4.39 Å². The molecule has 128 valence electrons. The van der Waals surface area contributed by atoms with Crippen molar-refractivity contribution in [2.45, 2.75) is 19.8 Å². The lowest BCUT2D eigenvalue weighted by Crippen LogP contribution is -2.24. The van der Waals surface area contributed by atoms with Crippen molar-refractivity contribution in [2.24, 2.45) is 0 Å². The van der Waals surface area contributed by atoms with Crippen LogP contribution in [0.2, 0.25) is 0 Å². The molecule has 0 aliphatic rings. The van der Waals surface area contributed by atoms with Gasteiger partial charge in [-0.2, -0.15) is 0 Å². The number of rotatable bonds is 5. The molecule has 1 amide bonds. The van der Waals surface area contributed by atoms with Gasteiger partial charge < -0.3 is 5.32 Å². The largest absolute Gasteiger partial charge is 0.352 e. The van der Waals surface area contributed by atoms with Crippen LogP contribution in [-0.4, -0.2) is 22.9 Å². The van der Waals surface area contributed by atoms with E-state index in [1.165, 1.54) is 41.5 Å². The Morgan fingerprint density at radius 3 is 2.60 bits per heavy atom. The Balaban J connectivity index is 1.71. The third kappa shape index (κ3) is 3.76. The van der Waals surface area contributed by atoms with Gasteiger partial charge in [0, 0.05) is 25.1 Å². The summed E-state index contributed by atoms with van der Waals surface area (Å²) in [5, 5.41) is 3.29. The van der Waals surface area contributed by atoms with Crippen molar-refractivity contribution in [3.8, 4) is 0 Å². The molecular weight excluding hydrogens is 319 g/mol. The van der Waals surface area contributed by atoms with E-state index >= 15 is 0 Å². The first-order valence-corrected chi connectivity index (χ1v) is 8.20. The molecule has 4 nitrogen and oxygen atoms in total. The Morgan fingerprint density at radius 2 is 1.88 bits per heavy atom. The topological polar surface area (TPSA) is 51.1 Å². The van der Waals surface area contributed by atoms with Gasteiger partial charge in [0.2, 0.25) is 5.91 Å². The van der Waals surface area contributed by atoms with Gasteiger partial charge in [-0.15, -0.1) is 0 Å². The van der Waals surface area contributed by atoms with Gasteiger partial charge in [0.25, 0.3) is 5.91 Å². The van der Waals surface area contributed by atoms with E-state index in [-0.39, 0.29) is 11.8 Å². The van der Waals surface area contributed by atoms with Crippen molar-refractivity contribution in [3.63, 3.8) is 0 Å². The standard InChI is InChI=1S/C20H19FN2O2/c1-14(24)23-13-18(17-12-16(21)9-10-19(17)23)20(25)22-11-5-8-15-6-3-2-4-7-15/h2-4,6-7,9-10,12-13H,5,8,11H2,1H3,(H,22,25). The Bertz CT molecular complexity index is 916. The van der Waals surface area contributed by atoms with Gasteiger partial charge in [0.15, 0.2) is 0 Å². The lowest BCUT2D eigenvalue weighted by atomic mass is 10.1. The summed E-state index contributed by atoms with van der Waals surface area (Å²) >= 11 is 0. The molecule has 0 spiro atoms. The van der Waals surface area contributed by atoms with Crippen LogP contribution in [0.5, 0.6) is 0 Å². The number of amides is 1. The molecule has 0 bridgehead atoms. The number of hydrogen-bond acceptors (Lipinski definition) is 2. The SMILES string of the molecule is CC(=O)n1cc(C(=O)NCCCc2ccccc2)c2cc(F)ccc21. The Kier molecular flexibility index (Phi) is 4.93. The number of aryl methyl sites for hydroxylation is 1. The quantitative estimate of drug-likeness (QED) is 0.719. The highest BCUT2D eigenvalue weighted by Gasteiger charge is 2.17. The first-order valence-electron chi connectivity index (χ1n) is 8.20. The van der Waals surface area contributed by atoms with Crippen LogP contribution in [0.15, 0.2) is 54.7 Å². The fraction of sp³-hybridized carbons (Fsp3) is 0.200. The number of benzene rings is 2. The van der Waals surface area contributed by atoms with Crippen molar-refractivity contribution in [3.05, 3.63) is 71.7 Å². The van der Waals surface area contributed by atoms with Crippen molar-refractivity contribution < 1.29 is 14.0 Å². The van der Waals surface area contributed by atoms with Crippen molar-refractivity contribution in [1.82, 2.24) is 9.88 Å². The van der Waals surface area contributed by atoms with E-state index < -0.39 is 5.82 Å². The van der Waals surface area contributed by atoms with Gasteiger partial charge in [0.1, 0.15) is 5.82 Å². The average molecular weight is 338 g/mol. The second-order valence-corrected chi connectivity index (χ2v) is 5.94. The number of carbonyl (C=O) groups is 2. The maximum Gasteiger partial charge on any atom is 0.253 e. The summed E-state index contributed by atoms with van der Waals surface area (Å²) < 4.78 is 14.9. The number of hydrogen-bond donors (Lipinski definition) is 1. The first-order chi connectivity index (χ1) is 12.1. The number of carbonyl (C=O) groups excluding carboxylic acids is 2. The molecule has 2 aromatic carbocycles. The second kappa shape index (κ2) is 7.30. The minimum atomic E-state index is -0.438. The summed E-state index contributed by atoms with van der Waals surface area (Å²) in [4.78, 5) is 24.2. The van der Waals surface area contributed by atoms with Crippen LogP contribution in [0.25, 0.3) is 10.9 Å². The fourth-order valence-electron chi connectivity index (χ4n) is 2.88. The summed E-state index contributed by atoms with van der Waals surface area (Å²) in [6.45, 7) is 1.92. The fourth-order valence-corrected chi connectivity index (χ4v) is 2.88. The van der Waals surface area contributed by atoms with E-state index in [0.717, 1.165) is 12.8 Å². The summed E-state index contributed by atoms with van der Waals surface area (Å²) in [6, 6.07) is 14.1. The molecule has 0 radical (unpaired) electrons. The molecule has 0 saturated carbocycles. The van der Waals surface area contributed by atoms with Crippen molar-refractivity contribution in [1.29, 1.82) is 0 Å². The smallest absolute Gasteiger partial charge is 0.253 e. The molecule has 25 heavy (non-hydrogen) atoms. The number of nitrogens with one attached hydrogen (secondary N) is 1. The zero-order valence-electron chi connectivity index (χ0n) is 14.0. The van der Waals surface area contributed by atoms with Gasteiger partial charge in [-0.1, -0.05) is 30.3 Å². The third-order valence-electron chi connectivity index (χ3n) is 4.12. The molecule has 0 atom stereocenters. The molecule has 3 aromatic rings. The molecule has 0 aliphatic heterocycles. The van der Waals surface area contributed by atoms with Crippen LogP contribution in [-0.2, 0) is 6.42 Å². The van der Waals surface area contributed by atoms with E-state index in [0.29, 0.717) is 23.0 Å². The number of fused-ring (bicyclic) bond motifs is 1. The summed E-state index contributed by atoms with van der Waals surface area (Å²) in [5.41, 5.74) is 2.06. The van der Waals surface area contributed by atoms with E-state index in [2.05, 4.69) is 5.32 Å². The molecule has 0 aliphatic carbocycles. The van der Waals surface area contributed by atoms with Gasteiger partial charge >= 0.3 is 0 Å². The summed E-state index contributed by atoms with van der Waals surface area (Å²) in [7, 11) is 0. The molecule has 1 aromatic heterocycles. The van der Waals surface area contributed by atoms with Crippen LogP contribution >= 0.6 is 0 Å². The average Bonchev–Trinajstić information content (AvgIpc) is 2.98. The minimum absolute atomic E-state index is 0.222. The van der Waals surface area contributed by atoms with Crippen LogP contribution in [0.3, 0.4) is 0 Å². The summed E-state index contributed by atoms with van der Waals surface area (Å²) in [5.74, 6) is -0.963. The highest BCUT2D eigenvalue weighted by molar-refractivity contribution is 6.09. The molecule has 0 unspecified atom stereocenters. The zero-order chi connectivity index (χ0) is 17.8. The lowest BCUT2D eigenvalue weighted by molar-refractivity contribution is 0.0941. The van der Waals surface area contributed by atoms with Gasteiger partial charge in [0.05, 0.1) is 11.1 Å². The number of aromatic nitrogens is 1. The first kappa shape index (κ1) is 16.9. The maximum absolute atomic E-state index is 13.6. The van der Waals surface area contributed by atoms with Gasteiger partial charge in [-0.05, 0) is 36.6 Å². The third-order valence-corrected chi connectivity index (χ3v) is 4.12. The normalized spacial score (nSPS) is 10.8. The van der Waals surface area contributed by atoms with Crippen LogP contribution in [0.1, 0.15) is 34.1 Å². The maximum atomic E-state index is 13.6. The van der Waals surface area contributed by atoms with Crippen LogP contribution in [0, 0.1) is 5.82 Å². The number of halogens is 1. The predicted octanol–water partition coefficient (Wildman–Crippen LogP) is 3.80. The highest BCUT2D eigenvalue weighted by atomic mass is 19.1. The van der Waals surface area contributed by atoms with E-state index in [1.54, 1.807) is 0 Å². The monoisotopic (exact) mass is 338 g/mol. The van der Waals surface area contributed by atoms with Gasteiger partial charge in [-0.3, -0.25) is 14.2 Å². The van der Waals surface area contributed by atoms with Crippen molar-refractivity contribution >= 4 is 22.7 Å². The lowest BCUT2D eigenvalue weighted by Gasteiger charge is -2.05. The zero-order valence-corrected chi connectivity index (χ0v) is 14.0.